The van der Waals surface area contributed by atoms with Crippen molar-refractivity contribution in [1.82, 2.24) is 9.97 Å². The molecular formula is C16H22N2OS2. The molecule has 0 aromatic carbocycles. The Morgan fingerprint density at radius 1 is 1.43 bits per heavy atom. The highest BCUT2D eigenvalue weighted by molar-refractivity contribution is 7.99. The van der Waals surface area contributed by atoms with Crippen molar-refractivity contribution in [3.8, 4) is 0 Å². The number of aromatic amines is 1. The number of hydrogen-bond acceptors (Lipinski definition) is 4. The molecule has 0 aliphatic heterocycles. The molecule has 0 radical (unpaired) electrons. The molecule has 0 amide bonds. The van der Waals surface area contributed by atoms with Crippen LogP contribution in [0.1, 0.15) is 50.0 Å². The molecular weight excluding hydrogens is 300 g/mol. The molecule has 21 heavy (non-hydrogen) atoms. The summed E-state index contributed by atoms with van der Waals surface area (Å²) in [5.74, 6) is 1.76. The fraction of sp³-hybridized carbons (Fsp3) is 0.625. The third-order valence-electron chi connectivity index (χ3n) is 4.13. The smallest absolute Gasteiger partial charge is 0.260 e. The van der Waals surface area contributed by atoms with Gasteiger partial charge in [-0.2, -0.15) is 0 Å². The Morgan fingerprint density at radius 2 is 2.29 bits per heavy atom. The molecule has 1 atom stereocenters. The molecule has 1 aliphatic carbocycles. The first kappa shape index (κ1) is 15.1. The van der Waals surface area contributed by atoms with Gasteiger partial charge in [0.05, 0.1) is 5.39 Å². The average molecular weight is 322 g/mol. The maximum absolute atomic E-state index is 12.4. The van der Waals surface area contributed by atoms with Gasteiger partial charge in [0, 0.05) is 10.6 Å². The van der Waals surface area contributed by atoms with E-state index in [9.17, 15) is 4.79 Å². The lowest BCUT2D eigenvalue weighted by atomic mass is 9.89. The van der Waals surface area contributed by atoms with E-state index in [1.165, 1.54) is 36.1 Å². The number of aryl methyl sites for hydroxylation is 1. The minimum atomic E-state index is 0.0602. The second-order valence-electron chi connectivity index (χ2n) is 5.96. The number of H-pyrrole nitrogens is 1. The van der Waals surface area contributed by atoms with E-state index in [1.807, 2.05) is 0 Å². The average Bonchev–Trinajstić information content (AvgIpc) is 2.81. The first-order valence-electron chi connectivity index (χ1n) is 7.86. The molecule has 3 rings (SSSR count). The van der Waals surface area contributed by atoms with E-state index in [-0.39, 0.29) is 5.56 Å². The van der Waals surface area contributed by atoms with Crippen molar-refractivity contribution in [1.29, 1.82) is 0 Å². The summed E-state index contributed by atoms with van der Waals surface area (Å²) in [4.78, 5) is 22.4. The van der Waals surface area contributed by atoms with Crippen LogP contribution < -0.4 is 5.56 Å². The Balaban J connectivity index is 1.88. The van der Waals surface area contributed by atoms with E-state index in [1.54, 1.807) is 23.1 Å². The van der Waals surface area contributed by atoms with Crippen molar-refractivity contribution in [3.63, 3.8) is 0 Å². The predicted molar refractivity (Wildman–Crippen MR) is 91.7 cm³/mol. The van der Waals surface area contributed by atoms with E-state index in [2.05, 4.69) is 23.8 Å². The zero-order chi connectivity index (χ0) is 14.8. The van der Waals surface area contributed by atoms with Crippen LogP contribution in [0.25, 0.3) is 10.2 Å². The maximum Gasteiger partial charge on any atom is 0.260 e. The first-order chi connectivity index (χ1) is 10.2. The van der Waals surface area contributed by atoms with Gasteiger partial charge in [0.15, 0.2) is 5.16 Å². The SMILES string of the molecule is CCCCCSc1nc2sc3c(c2c(=O)[nH]1)CCC(C)C3. The van der Waals surface area contributed by atoms with Crippen molar-refractivity contribution in [2.45, 2.75) is 57.5 Å². The van der Waals surface area contributed by atoms with Gasteiger partial charge < -0.3 is 4.98 Å². The molecule has 0 spiro atoms. The maximum atomic E-state index is 12.4. The largest absolute Gasteiger partial charge is 0.301 e. The second-order valence-corrected chi connectivity index (χ2v) is 8.13. The van der Waals surface area contributed by atoms with Gasteiger partial charge in [-0.25, -0.2) is 4.98 Å². The number of hydrogen-bond donors (Lipinski definition) is 1. The molecule has 2 heterocycles. The molecule has 3 nitrogen and oxygen atoms in total. The lowest BCUT2D eigenvalue weighted by Gasteiger charge is -2.17. The van der Waals surface area contributed by atoms with Crippen LogP contribution in [0.3, 0.4) is 0 Å². The fourth-order valence-electron chi connectivity index (χ4n) is 2.92. The second kappa shape index (κ2) is 6.53. The third-order valence-corrected chi connectivity index (χ3v) is 6.24. The monoisotopic (exact) mass is 322 g/mol. The highest BCUT2D eigenvalue weighted by Crippen LogP contribution is 2.36. The zero-order valence-corrected chi connectivity index (χ0v) is 14.3. The van der Waals surface area contributed by atoms with Gasteiger partial charge in [-0.1, -0.05) is 38.5 Å². The standard InChI is InChI=1S/C16H22N2OS2/c1-3-4-5-8-20-16-17-14(19)13-11-7-6-10(2)9-12(11)21-15(13)18-16/h10H,3-9H2,1-2H3,(H,17,18,19). The summed E-state index contributed by atoms with van der Waals surface area (Å²) < 4.78 is 0. The summed E-state index contributed by atoms with van der Waals surface area (Å²) >= 11 is 3.41. The molecule has 2 aromatic heterocycles. The predicted octanol–water partition coefficient (Wildman–Crippen LogP) is 4.39. The molecule has 0 bridgehead atoms. The van der Waals surface area contributed by atoms with Gasteiger partial charge in [-0.05, 0) is 37.2 Å². The van der Waals surface area contributed by atoms with Crippen molar-refractivity contribution >= 4 is 33.3 Å². The molecule has 1 aliphatic rings. The zero-order valence-electron chi connectivity index (χ0n) is 12.7. The van der Waals surface area contributed by atoms with Crippen LogP contribution in [0.15, 0.2) is 9.95 Å². The van der Waals surface area contributed by atoms with Gasteiger partial charge in [0.2, 0.25) is 0 Å². The number of nitrogens with zero attached hydrogens (tertiary/aromatic N) is 1. The summed E-state index contributed by atoms with van der Waals surface area (Å²) in [5, 5.41) is 1.65. The van der Waals surface area contributed by atoms with Crippen molar-refractivity contribution in [3.05, 3.63) is 20.8 Å². The summed E-state index contributed by atoms with van der Waals surface area (Å²) in [6, 6.07) is 0. The molecule has 114 valence electrons. The number of thiophene rings is 1. The number of nitrogens with one attached hydrogen (secondary N) is 1. The molecule has 1 unspecified atom stereocenters. The summed E-state index contributed by atoms with van der Waals surface area (Å²) in [6.07, 6.45) is 6.97. The Labute approximate surface area is 133 Å². The van der Waals surface area contributed by atoms with Crippen LogP contribution in [-0.2, 0) is 12.8 Å². The lowest BCUT2D eigenvalue weighted by Crippen LogP contribution is -2.13. The molecule has 0 saturated carbocycles. The molecule has 1 N–H and O–H groups in total. The van der Waals surface area contributed by atoms with E-state index < -0.39 is 0 Å². The van der Waals surface area contributed by atoms with Crippen molar-refractivity contribution in [2.24, 2.45) is 5.92 Å². The lowest BCUT2D eigenvalue weighted by molar-refractivity contribution is 0.509. The Bertz CT molecular complexity index is 689. The van der Waals surface area contributed by atoms with Crippen LogP contribution in [0.2, 0.25) is 0 Å². The number of unbranched alkanes of at least 4 members (excludes halogenated alkanes) is 2. The van der Waals surface area contributed by atoms with Gasteiger partial charge in [0.1, 0.15) is 4.83 Å². The third kappa shape index (κ3) is 3.19. The number of rotatable bonds is 5. The Hall–Kier alpha value is -0.810. The normalized spacial score (nSPS) is 18.1. The number of aromatic nitrogens is 2. The van der Waals surface area contributed by atoms with Gasteiger partial charge in [0.25, 0.3) is 5.56 Å². The topological polar surface area (TPSA) is 45.8 Å². The van der Waals surface area contributed by atoms with Crippen LogP contribution in [0.4, 0.5) is 0 Å². The van der Waals surface area contributed by atoms with Crippen LogP contribution in [0, 0.1) is 5.92 Å². The van der Waals surface area contributed by atoms with Gasteiger partial charge in [-0.3, -0.25) is 4.79 Å². The minimum Gasteiger partial charge on any atom is -0.301 e. The van der Waals surface area contributed by atoms with Crippen LogP contribution in [-0.4, -0.2) is 15.7 Å². The molecule has 0 saturated heterocycles. The van der Waals surface area contributed by atoms with E-state index in [4.69, 9.17) is 0 Å². The van der Waals surface area contributed by atoms with Crippen LogP contribution >= 0.6 is 23.1 Å². The Morgan fingerprint density at radius 3 is 3.10 bits per heavy atom. The quantitative estimate of drug-likeness (QED) is 0.504. The van der Waals surface area contributed by atoms with Gasteiger partial charge in [-0.15, -0.1) is 11.3 Å². The van der Waals surface area contributed by atoms with Crippen molar-refractivity contribution in [2.75, 3.05) is 5.75 Å². The van der Waals surface area contributed by atoms with E-state index in [0.29, 0.717) is 0 Å². The Kier molecular flexibility index (Phi) is 4.69. The fourth-order valence-corrected chi connectivity index (χ4v) is 5.22. The van der Waals surface area contributed by atoms with E-state index in [0.717, 1.165) is 39.9 Å². The summed E-state index contributed by atoms with van der Waals surface area (Å²) in [7, 11) is 0. The van der Waals surface area contributed by atoms with Crippen LogP contribution in [0.5, 0.6) is 0 Å². The first-order valence-corrected chi connectivity index (χ1v) is 9.66. The van der Waals surface area contributed by atoms with E-state index >= 15 is 0 Å². The molecule has 2 aromatic rings. The highest BCUT2D eigenvalue weighted by Gasteiger charge is 2.22. The molecule has 0 fully saturated rings. The highest BCUT2D eigenvalue weighted by atomic mass is 32.2. The van der Waals surface area contributed by atoms with Gasteiger partial charge >= 0.3 is 0 Å². The van der Waals surface area contributed by atoms with Crippen molar-refractivity contribution < 1.29 is 0 Å². The summed E-state index contributed by atoms with van der Waals surface area (Å²) in [6.45, 7) is 4.49. The molecule has 5 heteroatoms. The number of fused-ring (bicyclic) bond motifs is 3. The number of thioether (sulfide) groups is 1. The minimum absolute atomic E-state index is 0.0602. The summed E-state index contributed by atoms with van der Waals surface area (Å²) in [5.41, 5.74) is 1.33.